The lowest BCUT2D eigenvalue weighted by molar-refractivity contribution is -0.0440. The molecule has 2 aromatic heterocycles. The van der Waals surface area contributed by atoms with Crippen molar-refractivity contribution in [2.45, 2.75) is 43.4 Å². The van der Waals surface area contributed by atoms with Crippen molar-refractivity contribution in [1.82, 2.24) is 19.1 Å². The van der Waals surface area contributed by atoms with Crippen molar-refractivity contribution in [2.75, 3.05) is 31.6 Å². The van der Waals surface area contributed by atoms with E-state index in [-0.39, 0.29) is 34.6 Å². The van der Waals surface area contributed by atoms with Gasteiger partial charge in [0.25, 0.3) is 5.56 Å². The van der Waals surface area contributed by atoms with Gasteiger partial charge in [0.1, 0.15) is 5.39 Å². The van der Waals surface area contributed by atoms with Crippen molar-refractivity contribution in [3.05, 3.63) is 46.9 Å². The molecule has 2 fully saturated rings. The van der Waals surface area contributed by atoms with E-state index in [1.807, 2.05) is 13.8 Å². The number of hydrogen-bond acceptors (Lipinski definition) is 8. The summed E-state index contributed by atoms with van der Waals surface area (Å²) in [4.78, 5) is 15.6. The second-order valence-corrected chi connectivity index (χ2v) is 11.2. The molecule has 2 aliphatic rings. The SMILES string of the molecule is CC1CN(S(=O)(=O)c2ccc(Nc3nn([C@H]4COCC[C@@H]4C#N)c4cc[nH]c(=O)c34)cc2)CC(C)O1. The van der Waals surface area contributed by atoms with Gasteiger partial charge in [-0.15, -0.1) is 0 Å². The molecule has 1 aromatic carbocycles. The normalized spacial score (nSPS) is 25.5. The molecule has 2 saturated heterocycles. The van der Waals surface area contributed by atoms with E-state index in [2.05, 4.69) is 21.5 Å². The van der Waals surface area contributed by atoms with Gasteiger partial charge >= 0.3 is 0 Å². The van der Waals surface area contributed by atoms with Crippen molar-refractivity contribution in [3.8, 4) is 6.07 Å². The first-order valence-electron chi connectivity index (χ1n) is 11.9. The van der Waals surface area contributed by atoms with Crippen LogP contribution in [0.25, 0.3) is 10.9 Å². The highest BCUT2D eigenvalue weighted by Gasteiger charge is 2.33. The minimum Gasteiger partial charge on any atom is -0.379 e. The van der Waals surface area contributed by atoms with Gasteiger partial charge in [-0.2, -0.15) is 14.7 Å². The molecule has 0 amide bonds. The van der Waals surface area contributed by atoms with Crippen molar-refractivity contribution in [2.24, 2.45) is 5.92 Å². The lowest BCUT2D eigenvalue weighted by atomic mass is 9.96. The van der Waals surface area contributed by atoms with Gasteiger partial charge in [0.15, 0.2) is 5.82 Å². The number of anilines is 2. The van der Waals surface area contributed by atoms with Gasteiger partial charge in [0.05, 0.1) is 47.3 Å². The lowest BCUT2D eigenvalue weighted by Gasteiger charge is -2.34. The van der Waals surface area contributed by atoms with Crippen molar-refractivity contribution < 1.29 is 17.9 Å². The second-order valence-electron chi connectivity index (χ2n) is 9.26. The van der Waals surface area contributed by atoms with Gasteiger partial charge in [-0.1, -0.05) is 0 Å². The largest absolute Gasteiger partial charge is 0.379 e. The maximum Gasteiger partial charge on any atom is 0.261 e. The summed E-state index contributed by atoms with van der Waals surface area (Å²) in [6.45, 7) is 5.15. The first kappa shape index (κ1) is 24.5. The van der Waals surface area contributed by atoms with Crippen LogP contribution in [0.5, 0.6) is 0 Å². The van der Waals surface area contributed by atoms with Crippen LogP contribution in [0, 0.1) is 17.2 Å². The first-order chi connectivity index (χ1) is 17.3. The van der Waals surface area contributed by atoms with E-state index in [1.165, 1.54) is 16.4 Å². The molecule has 2 N–H and O–H groups in total. The Hall–Kier alpha value is -3.24. The number of nitriles is 1. The minimum absolute atomic E-state index is 0.179. The molecule has 11 nitrogen and oxygen atoms in total. The van der Waals surface area contributed by atoms with Crippen LogP contribution >= 0.6 is 0 Å². The molecule has 0 radical (unpaired) electrons. The Kier molecular flexibility index (Phi) is 6.57. The Morgan fingerprint density at radius 3 is 2.58 bits per heavy atom. The number of nitrogens with zero attached hydrogens (tertiary/aromatic N) is 4. The molecule has 36 heavy (non-hydrogen) atoms. The standard InChI is InChI=1S/C24H28N6O5S/c1-15-12-29(13-16(2)35-15)36(32,33)19-5-3-18(4-6-19)27-23-22-20(7-9-26-24(22)31)30(28-23)21-14-34-10-8-17(21)11-25/h3-7,9,15-17,21H,8,10,12-14H2,1-2H3,(H,26,31)(H,27,28)/t15?,16?,17-,21+/m1/s1. The third-order valence-corrected chi connectivity index (χ3v) is 8.42. The molecular formula is C24H28N6O5S. The molecule has 4 heterocycles. The fraction of sp³-hybridized carbons (Fsp3) is 0.458. The summed E-state index contributed by atoms with van der Waals surface area (Å²) < 4.78 is 40.7. The minimum atomic E-state index is -3.67. The molecule has 12 heteroatoms. The predicted molar refractivity (Wildman–Crippen MR) is 132 cm³/mol. The summed E-state index contributed by atoms with van der Waals surface area (Å²) in [5, 5.41) is 17.8. The first-order valence-corrected chi connectivity index (χ1v) is 13.3. The van der Waals surface area contributed by atoms with Crippen LogP contribution in [0.1, 0.15) is 26.3 Å². The van der Waals surface area contributed by atoms with Gasteiger partial charge < -0.3 is 19.8 Å². The molecule has 0 saturated carbocycles. The van der Waals surface area contributed by atoms with E-state index in [4.69, 9.17) is 9.47 Å². The topological polar surface area (TPSA) is 142 Å². The Morgan fingerprint density at radius 2 is 1.89 bits per heavy atom. The maximum absolute atomic E-state index is 13.2. The molecule has 3 aromatic rings. The quantitative estimate of drug-likeness (QED) is 0.531. The van der Waals surface area contributed by atoms with E-state index in [9.17, 15) is 18.5 Å². The number of morpholine rings is 1. The summed E-state index contributed by atoms with van der Waals surface area (Å²) in [7, 11) is -3.67. The maximum atomic E-state index is 13.2. The zero-order chi connectivity index (χ0) is 25.4. The third-order valence-electron chi connectivity index (χ3n) is 6.58. The fourth-order valence-corrected chi connectivity index (χ4v) is 6.47. The predicted octanol–water partition coefficient (Wildman–Crippen LogP) is 2.37. The molecular weight excluding hydrogens is 484 g/mol. The van der Waals surface area contributed by atoms with Gasteiger partial charge in [-0.25, -0.2) is 8.42 Å². The second kappa shape index (κ2) is 9.67. The van der Waals surface area contributed by atoms with Gasteiger partial charge in [0, 0.05) is 31.6 Å². The van der Waals surface area contributed by atoms with Gasteiger partial charge in [0.2, 0.25) is 10.0 Å². The summed E-state index contributed by atoms with van der Waals surface area (Å²) in [6.07, 6.45) is 1.78. The lowest BCUT2D eigenvalue weighted by Crippen LogP contribution is -2.48. The molecule has 5 rings (SSSR count). The Balaban J connectivity index is 1.44. The number of aromatic amines is 1. The number of pyridine rings is 1. The van der Waals surface area contributed by atoms with Crippen LogP contribution in [-0.4, -0.2) is 66.0 Å². The molecule has 0 bridgehead atoms. The Labute approximate surface area is 208 Å². The highest BCUT2D eigenvalue weighted by Crippen LogP contribution is 2.32. The number of H-pyrrole nitrogens is 1. The number of rotatable bonds is 5. The molecule has 2 aliphatic heterocycles. The fourth-order valence-electron chi connectivity index (χ4n) is 4.88. The summed E-state index contributed by atoms with van der Waals surface area (Å²) in [5.74, 6) is 0.0321. The van der Waals surface area contributed by atoms with Gasteiger partial charge in [-0.05, 0) is 50.6 Å². The highest BCUT2D eigenvalue weighted by molar-refractivity contribution is 7.89. The highest BCUT2D eigenvalue weighted by atomic mass is 32.2. The average molecular weight is 513 g/mol. The average Bonchev–Trinajstić information content (AvgIpc) is 3.23. The number of aromatic nitrogens is 3. The van der Waals surface area contributed by atoms with E-state index in [0.29, 0.717) is 55.1 Å². The number of benzene rings is 1. The summed E-state index contributed by atoms with van der Waals surface area (Å²) in [6, 6.07) is 10.1. The van der Waals surface area contributed by atoms with Crippen LogP contribution in [0.2, 0.25) is 0 Å². The van der Waals surface area contributed by atoms with E-state index in [0.717, 1.165) is 0 Å². The molecule has 2 unspecified atom stereocenters. The number of hydrogen-bond donors (Lipinski definition) is 2. The van der Waals surface area contributed by atoms with E-state index in [1.54, 1.807) is 29.1 Å². The number of nitrogens with one attached hydrogen (secondary N) is 2. The zero-order valence-corrected chi connectivity index (χ0v) is 20.9. The van der Waals surface area contributed by atoms with Crippen LogP contribution in [0.3, 0.4) is 0 Å². The van der Waals surface area contributed by atoms with E-state index < -0.39 is 10.0 Å². The van der Waals surface area contributed by atoms with Crippen LogP contribution in [0.15, 0.2) is 46.2 Å². The third kappa shape index (κ3) is 4.51. The van der Waals surface area contributed by atoms with E-state index >= 15 is 0 Å². The molecule has 4 atom stereocenters. The zero-order valence-electron chi connectivity index (χ0n) is 20.0. The molecule has 0 spiro atoms. The molecule has 190 valence electrons. The summed E-state index contributed by atoms with van der Waals surface area (Å²) in [5.41, 5.74) is 0.845. The van der Waals surface area contributed by atoms with Crippen LogP contribution in [0.4, 0.5) is 11.5 Å². The van der Waals surface area contributed by atoms with Crippen molar-refractivity contribution in [1.29, 1.82) is 5.26 Å². The summed E-state index contributed by atoms with van der Waals surface area (Å²) >= 11 is 0. The number of sulfonamides is 1. The monoisotopic (exact) mass is 512 g/mol. The van der Waals surface area contributed by atoms with Crippen LogP contribution < -0.4 is 10.9 Å². The Bertz CT molecular complexity index is 1450. The van der Waals surface area contributed by atoms with Crippen LogP contribution in [-0.2, 0) is 19.5 Å². The van der Waals surface area contributed by atoms with Crippen molar-refractivity contribution in [3.63, 3.8) is 0 Å². The smallest absolute Gasteiger partial charge is 0.261 e. The Morgan fingerprint density at radius 1 is 1.17 bits per heavy atom. The number of fused-ring (bicyclic) bond motifs is 1. The van der Waals surface area contributed by atoms with Gasteiger partial charge in [-0.3, -0.25) is 9.48 Å². The van der Waals surface area contributed by atoms with Crippen molar-refractivity contribution >= 4 is 32.4 Å². The molecule has 0 aliphatic carbocycles. The number of ether oxygens (including phenoxy) is 2.